The molecule has 0 aliphatic rings. The number of nitro benzene ring substituents is 1. The average molecular weight is 492 g/mol. The highest BCUT2D eigenvalue weighted by molar-refractivity contribution is 8.00. The molecule has 0 saturated carbocycles. The van der Waals surface area contributed by atoms with Gasteiger partial charge in [0.25, 0.3) is 5.69 Å². The number of carboxylic acid groups (broad SMARTS) is 1. The molecule has 0 heterocycles. The van der Waals surface area contributed by atoms with E-state index in [0.717, 1.165) is 22.6 Å². The zero-order valence-corrected chi connectivity index (χ0v) is 19.3. The number of thioether (sulfide) groups is 1. The highest BCUT2D eigenvalue weighted by Crippen LogP contribution is 2.37. The Morgan fingerprint density at radius 3 is 2.26 bits per heavy atom. The molecule has 10 heteroatoms. The molecule has 0 aliphatic heterocycles. The summed E-state index contributed by atoms with van der Waals surface area (Å²) in [6.45, 7) is 1.69. The Kier molecular flexibility index (Phi) is 8.36. The van der Waals surface area contributed by atoms with E-state index in [9.17, 15) is 24.5 Å². The molecule has 0 spiro atoms. The molecule has 35 heavy (non-hydrogen) atoms. The van der Waals surface area contributed by atoms with Crippen LogP contribution in [0.1, 0.15) is 16.4 Å². The quantitative estimate of drug-likeness (QED) is 0.166. The third-order valence-electron chi connectivity index (χ3n) is 4.77. The van der Waals surface area contributed by atoms with Gasteiger partial charge in [-0.2, -0.15) is 0 Å². The maximum Gasteiger partial charge on any atom is 0.328 e. The van der Waals surface area contributed by atoms with Crippen molar-refractivity contribution in [1.82, 2.24) is 0 Å². The van der Waals surface area contributed by atoms with E-state index in [1.807, 2.05) is 30.3 Å². The van der Waals surface area contributed by atoms with Crippen LogP contribution in [0.3, 0.4) is 0 Å². The van der Waals surface area contributed by atoms with Gasteiger partial charge in [-0.25, -0.2) is 4.79 Å². The molecule has 3 N–H and O–H groups in total. The number of non-ortho nitro benzene ring substituents is 1. The molecule has 2 amide bonds. The summed E-state index contributed by atoms with van der Waals surface area (Å²) in [7, 11) is 0. The summed E-state index contributed by atoms with van der Waals surface area (Å²) in [5.74, 6) is -2.09. The largest absolute Gasteiger partial charge is 0.478 e. The molecule has 9 nitrogen and oxygen atoms in total. The molecule has 0 aliphatic carbocycles. The van der Waals surface area contributed by atoms with Crippen molar-refractivity contribution in [3.8, 4) is 0 Å². The van der Waals surface area contributed by atoms with Gasteiger partial charge < -0.3 is 15.7 Å². The van der Waals surface area contributed by atoms with Crippen LogP contribution in [0.15, 0.2) is 89.8 Å². The zero-order chi connectivity index (χ0) is 25.4. The summed E-state index contributed by atoms with van der Waals surface area (Å²) >= 11 is 1.30. The van der Waals surface area contributed by atoms with Gasteiger partial charge in [-0.05, 0) is 48.4 Å². The number of benzene rings is 3. The maximum absolute atomic E-state index is 13.2. The van der Waals surface area contributed by atoms with Gasteiger partial charge in [0.2, 0.25) is 11.8 Å². The molecular formula is C25H21N3O6S. The van der Waals surface area contributed by atoms with E-state index >= 15 is 0 Å². The maximum atomic E-state index is 13.2. The van der Waals surface area contributed by atoms with Crippen molar-refractivity contribution in [2.75, 3.05) is 10.6 Å². The summed E-state index contributed by atoms with van der Waals surface area (Å²) in [4.78, 5) is 46.8. The third-order valence-corrected chi connectivity index (χ3v) is 6.04. The highest BCUT2D eigenvalue weighted by atomic mass is 32.2. The van der Waals surface area contributed by atoms with Crippen LogP contribution in [-0.4, -0.2) is 27.8 Å². The molecule has 1 atom stereocenters. The standard InChI is InChI=1S/C25H21N3O6S/c1-16-15-19(28(33)34)9-12-21(16)27-25(32)24(17-5-3-2-4-6-17)35-20-10-7-18(8-11-20)26-22(29)13-14-23(30)31/h2-15,24H,1H3,(H,26,29)(H,27,32)(H,30,31)/b14-13+. The van der Waals surface area contributed by atoms with Crippen molar-refractivity contribution >= 4 is 46.6 Å². The van der Waals surface area contributed by atoms with E-state index in [2.05, 4.69) is 10.6 Å². The first-order chi connectivity index (χ1) is 16.7. The predicted octanol–water partition coefficient (Wildman–Crippen LogP) is 4.95. The number of aliphatic carboxylic acids is 1. The predicted molar refractivity (Wildman–Crippen MR) is 133 cm³/mol. The van der Waals surface area contributed by atoms with Crippen LogP contribution in [0.25, 0.3) is 0 Å². The van der Waals surface area contributed by atoms with Crippen LogP contribution in [0.4, 0.5) is 17.1 Å². The van der Waals surface area contributed by atoms with Crippen molar-refractivity contribution in [2.45, 2.75) is 17.1 Å². The van der Waals surface area contributed by atoms with Crippen LogP contribution >= 0.6 is 11.8 Å². The second-order valence-electron chi connectivity index (χ2n) is 7.34. The molecule has 0 saturated heterocycles. The Bertz CT molecular complexity index is 1280. The molecule has 3 aromatic carbocycles. The molecule has 0 radical (unpaired) electrons. The molecule has 1 unspecified atom stereocenters. The molecule has 178 valence electrons. The molecule has 0 aromatic heterocycles. The lowest BCUT2D eigenvalue weighted by atomic mass is 10.1. The number of amides is 2. The highest BCUT2D eigenvalue weighted by Gasteiger charge is 2.23. The smallest absolute Gasteiger partial charge is 0.328 e. The lowest BCUT2D eigenvalue weighted by Crippen LogP contribution is -2.19. The molecule has 3 aromatic rings. The summed E-state index contributed by atoms with van der Waals surface area (Å²) in [6.07, 6.45) is 1.66. The summed E-state index contributed by atoms with van der Waals surface area (Å²) in [5.41, 5.74) is 2.23. The van der Waals surface area contributed by atoms with E-state index in [1.165, 1.54) is 30.0 Å². The fourth-order valence-corrected chi connectivity index (χ4v) is 4.11. The second-order valence-corrected chi connectivity index (χ2v) is 8.52. The van der Waals surface area contributed by atoms with Crippen molar-refractivity contribution in [3.63, 3.8) is 0 Å². The van der Waals surface area contributed by atoms with Gasteiger partial charge in [-0.15, -0.1) is 11.8 Å². The number of hydrogen-bond donors (Lipinski definition) is 3. The first-order valence-corrected chi connectivity index (χ1v) is 11.2. The number of hydrogen-bond acceptors (Lipinski definition) is 6. The van der Waals surface area contributed by atoms with Gasteiger partial charge in [0.15, 0.2) is 0 Å². The van der Waals surface area contributed by atoms with Crippen molar-refractivity contribution < 1.29 is 24.4 Å². The summed E-state index contributed by atoms with van der Waals surface area (Å²) in [6, 6.07) is 20.2. The van der Waals surface area contributed by atoms with Crippen LogP contribution in [0.5, 0.6) is 0 Å². The number of nitrogens with zero attached hydrogens (tertiary/aromatic N) is 1. The van der Waals surface area contributed by atoms with Gasteiger partial charge in [0.1, 0.15) is 5.25 Å². The average Bonchev–Trinajstić information content (AvgIpc) is 2.84. The van der Waals surface area contributed by atoms with E-state index in [4.69, 9.17) is 5.11 Å². The first-order valence-electron chi connectivity index (χ1n) is 10.3. The number of carboxylic acids is 1. The number of nitrogens with one attached hydrogen (secondary N) is 2. The Balaban J connectivity index is 1.77. The minimum Gasteiger partial charge on any atom is -0.478 e. The summed E-state index contributed by atoms with van der Waals surface area (Å²) in [5, 5.41) is 24.4. The normalized spacial score (nSPS) is 11.6. The minimum absolute atomic E-state index is 0.0554. The first kappa shape index (κ1) is 25.2. The van der Waals surface area contributed by atoms with Crippen LogP contribution in [0, 0.1) is 17.0 Å². The molecule has 0 bridgehead atoms. The van der Waals surface area contributed by atoms with Gasteiger partial charge >= 0.3 is 5.97 Å². The fourth-order valence-electron chi connectivity index (χ4n) is 3.08. The SMILES string of the molecule is Cc1cc([N+](=O)[O-])ccc1NC(=O)C(Sc1ccc(NC(=O)/C=C/C(=O)O)cc1)c1ccccc1. The number of carbonyl (C=O) groups excluding carboxylic acids is 2. The van der Waals surface area contributed by atoms with Crippen molar-refractivity contribution in [1.29, 1.82) is 0 Å². The summed E-state index contributed by atoms with van der Waals surface area (Å²) < 4.78 is 0. The van der Waals surface area contributed by atoms with E-state index in [0.29, 0.717) is 16.9 Å². The van der Waals surface area contributed by atoms with Gasteiger partial charge in [0, 0.05) is 40.6 Å². The Hall–Kier alpha value is -4.44. The van der Waals surface area contributed by atoms with E-state index in [-0.39, 0.29) is 11.6 Å². The minimum atomic E-state index is -1.22. The van der Waals surface area contributed by atoms with Crippen LogP contribution in [-0.2, 0) is 14.4 Å². The number of aryl methyl sites for hydroxylation is 1. The third kappa shape index (κ3) is 7.27. The number of nitro groups is 1. The Morgan fingerprint density at radius 2 is 1.66 bits per heavy atom. The van der Waals surface area contributed by atoms with Gasteiger partial charge in [0.05, 0.1) is 4.92 Å². The lowest BCUT2D eigenvalue weighted by molar-refractivity contribution is -0.384. The topological polar surface area (TPSA) is 139 Å². The lowest BCUT2D eigenvalue weighted by Gasteiger charge is -2.18. The van der Waals surface area contributed by atoms with Crippen molar-refractivity contribution in [2.24, 2.45) is 0 Å². The fraction of sp³-hybridized carbons (Fsp3) is 0.0800. The molecule has 3 rings (SSSR count). The number of anilines is 2. The Morgan fingerprint density at radius 1 is 0.971 bits per heavy atom. The zero-order valence-electron chi connectivity index (χ0n) is 18.5. The van der Waals surface area contributed by atoms with E-state index < -0.39 is 22.0 Å². The van der Waals surface area contributed by atoms with E-state index in [1.54, 1.807) is 31.2 Å². The second kappa shape index (κ2) is 11.6. The Labute approximate surface area is 205 Å². The molecule has 0 fully saturated rings. The molecular weight excluding hydrogens is 470 g/mol. The van der Waals surface area contributed by atoms with Crippen LogP contribution in [0.2, 0.25) is 0 Å². The monoisotopic (exact) mass is 491 g/mol. The van der Waals surface area contributed by atoms with Gasteiger partial charge in [-0.1, -0.05) is 30.3 Å². The number of rotatable bonds is 9. The number of carbonyl (C=O) groups is 3. The van der Waals surface area contributed by atoms with Crippen molar-refractivity contribution in [3.05, 3.63) is 106 Å². The van der Waals surface area contributed by atoms with Gasteiger partial charge in [-0.3, -0.25) is 19.7 Å². The van der Waals surface area contributed by atoms with Crippen LogP contribution < -0.4 is 10.6 Å².